The molecule has 26 heavy (non-hydrogen) atoms. The number of hydrogen-bond acceptors (Lipinski definition) is 4. The van der Waals surface area contributed by atoms with Crippen molar-refractivity contribution in [3.8, 4) is 0 Å². The van der Waals surface area contributed by atoms with E-state index in [0.29, 0.717) is 18.2 Å². The Kier molecular flexibility index (Phi) is 3.60. The van der Waals surface area contributed by atoms with Crippen molar-refractivity contribution in [1.82, 2.24) is 14.8 Å². The number of halogens is 5. The minimum atomic E-state index is -4.80. The molecule has 1 aliphatic carbocycles. The number of nitrogens with one attached hydrogen (secondary N) is 1. The molecule has 0 saturated carbocycles. The van der Waals surface area contributed by atoms with Crippen LogP contribution in [0.3, 0.4) is 0 Å². The number of allylic oxidation sites excluding steroid dienone is 2. The first-order valence-corrected chi connectivity index (χ1v) is 7.73. The van der Waals surface area contributed by atoms with Crippen molar-refractivity contribution in [1.29, 1.82) is 0 Å². The fourth-order valence-electron chi connectivity index (χ4n) is 3.37. The molecule has 2 aromatic rings. The molecule has 0 saturated heterocycles. The highest BCUT2D eigenvalue weighted by Crippen LogP contribution is 2.42. The maximum absolute atomic E-state index is 13.7. The van der Waals surface area contributed by atoms with Gasteiger partial charge in [-0.2, -0.15) is 18.2 Å². The minimum absolute atomic E-state index is 0.00928. The van der Waals surface area contributed by atoms with Gasteiger partial charge in [-0.1, -0.05) is 6.08 Å². The Morgan fingerprint density at radius 3 is 2.50 bits per heavy atom. The molecule has 0 bridgehead atoms. The number of Topliss-reactive ketones (excluding diaryl/α,β-unsaturated/α-hetero) is 1. The number of ketones is 1. The molecule has 0 radical (unpaired) electrons. The smallest absolute Gasteiger partial charge is 0.328 e. The Bertz CT molecular complexity index is 913. The van der Waals surface area contributed by atoms with Gasteiger partial charge in [0, 0.05) is 18.2 Å². The van der Waals surface area contributed by atoms with Crippen LogP contribution >= 0.6 is 0 Å². The topological polar surface area (TPSA) is 59.8 Å². The number of carbonyl (C=O) groups excluding carboxylic acids is 1. The summed E-state index contributed by atoms with van der Waals surface area (Å²) in [6, 6.07) is 1.49. The maximum Gasteiger partial charge on any atom is 0.453 e. The van der Waals surface area contributed by atoms with E-state index in [1.54, 1.807) is 6.08 Å². The number of fused-ring (bicyclic) bond motifs is 2. The number of alkyl halides is 3. The molecule has 0 spiro atoms. The third-order valence-corrected chi connectivity index (χ3v) is 4.38. The summed E-state index contributed by atoms with van der Waals surface area (Å²) in [7, 11) is 0. The van der Waals surface area contributed by atoms with Crippen LogP contribution in [0.15, 0.2) is 30.0 Å². The highest BCUT2D eigenvalue weighted by molar-refractivity contribution is 5.87. The molecule has 1 aliphatic heterocycles. The fraction of sp³-hybridized carbons (Fsp3) is 0.312. The molecule has 0 unspecified atom stereocenters. The molecule has 2 aliphatic rings. The molecule has 2 atom stereocenters. The lowest BCUT2D eigenvalue weighted by Crippen LogP contribution is -2.38. The third-order valence-electron chi connectivity index (χ3n) is 4.38. The van der Waals surface area contributed by atoms with Gasteiger partial charge in [0.25, 0.3) is 5.82 Å². The predicted octanol–water partition coefficient (Wildman–Crippen LogP) is 3.45. The van der Waals surface area contributed by atoms with Gasteiger partial charge in [0.1, 0.15) is 17.4 Å². The normalized spacial score (nSPS) is 22.3. The molecule has 0 fully saturated rings. The van der Waals surface area contributed by atoms with E-state index in [2.05, 4.69) is 15.4 Å². The third kappa shape index (κ3) is 2.65. The molecular weight excluding hydrogens is 359 g/mol. The Morgan fingerprint density at radius 2 is 1.85 bits per heavy atom. The van der Waals surface area contributed by atoms with Crippen molar-refractivity contribution in [3.05, 3.63) is 53.0 Å². The number of rotatable bonds is 1. The SMILES string of the molecule is O=C1CCC=C2Nc3nc(C(F)(F)F)nn3[C@@H](c3cc(F)cc(F)c3)[C@H]12. The van der Waals surface area contributed by atoms with E-state index < -0.39 is 35.6 Å². The first-order valence-electron chi connectivity index (χ1n) is 7.73. The van der Waals surface area contributed by atoms with Crippen molar-refractivity contribution < 1.29 is 26.7 Å². The summed E-state index contributed by atoms with van der Waals surface area (Å²) in [5.41, 5.74) is 0.375. The quantitative estimate of drug-likeness (QED) is 0.782. The monoisotopic (exact) mass is 370 g/mol. The Hall–Kier alpha value is -2.78. The first kappa shape index (κ1) is 16.7. The van der Waals surface area contributed by atoms with Crippen LogP contribution in [-0.4, -0.2) is 20.5 Å². The number of nitrogens with zero attached hydrogens (tertiary/aromatic N) is 3. The van der Waals surface area contributed by atoms with Crippen LogP contribution in [0, 0.1) is 17.6 Å². The zero-order chi connectivity index (χ0) is 18.6. The standard InChI is InChI=1S/C16H11F5N4O/c17-8-4-7(5-9(18)6-8)13-12-10(2-1-3-11(12)26)22-15-23-14(16(19,20)21)24-25(13)15/h2,4-6,12-13H,1,3H2,(H,22,23,24)/t12-,13-/m0/s1. The zero-order valence-corrected chi connectivity index (χ0v) is 13.0. The molecule has 10 heteroatoms. The summed E-state index contributed by atoms with van der Waals surface area (Å²) in [6.07, 6.45) is -2.52. The summed E-state index contributed by atoms with van der Waals surface area (Å²) >= 11 is 0. The van der Waals surface area contributed by atoms with E-state index in [1.807, 2.05) is 0 Å². The number of anilines is 1. The molecule has 4 rings (SSSR count). The van der Waals surface area contributed by atoms with Crippen LogP contribution in [0.4, 0.5) is 27.9 Å². The maximum atomic E-state index is 13.7. The van der Waals surface area contributed by atoms with Crippen molar-refractivity contribution in [2.75, 3.05) is 5.32 Å². The summed E-state index contributed by atoms with van der Waals surface area (Å²) in [4.78, 5) is 15.9. The van der Waals surface area contributed by atoms with Crippen LogP contribution in [0.2, 0.25) is 0 Å². The molecule has 1 aromatic carbocycles. The van der Waals surface area contributed by atoms with Gasteiger partial charge in [0.05, 0.1) is 12.0 Å². The number of carbonyl (C=O) groups is 1. The number of benzene rings is 1. The fourth-order valence-corrected chi connectivity index (χ4v) is 3.37. The van der Waals surface area contributed by atoms with Gasteiger partial charge >= 0.3 is 6.18 Å². The van der Waals surface area contributed by atoms with Crippen LogP contribution in [0.5, 0.6) is 0 Å². The van der Waals surface area contributed by atoms with Gasteiger partial charge in [-0.3, -0.25) is 4.79 Å². The van der Waals surface area contributed by atoms with E-state index in [4.69, 9.17) is 0 Å². The summed E-state index contributed by atoms with van der Waals surface area (Å²) in [6.45, 7) is 0. The highest BCUT2D eigenvalue weighted by Gasteiger charge is 2.45. The van der Waals surface area contributed by atoms with Crippen LogP contribution in [0.25, 0.3) is 0 Å². The second-order valence-corrected chi connectivity index (χ2v) is 6.12. The molecule has 136 valence electrons. The van der Waals surface area contributed by atoms with Crippen LogP contribution in [-0.2, 0) is 11.0 Å². The van der Waals surface area contributed by atoms with Crippen molar-refractivity contribution >= 4 is 11.7 Å². The molecule has 0 amide bonds. The molecule has 1 N–H and O–H groups in total. The van der Waals surface area contributed by atoms with E-state index in [9.17, 15) is 26.7 Å². The van der Waals surface area contributed by atoms with Gasteiger partial charge < -0.3 is 5.32 Å². The largest absolute Gasteiger partial charge is 0.453 e. The average Bonchev–Trinajstić information content (AvgIpc) is 2.96. The Labute approximate surface area is 143 Å². The predicted molar refractivity (Wildman–Crippen MR) is 79.0 cm³/mol. The van der Waals surface area contributed by atoms with Gasteiger partial charge in [-0.15, -0.1) is 5.10 Å². The lowest BCUT2D eigenvalue weighted by Gasteiger charge is -2.36. The summed E-state index contributed by atoms with van der Waals surface area (Å²) in [5, 5.41) is 6.15. The summed E-state index contributed by atoms with van der Waals surface area (Å²) < 4.78 is 67.3. The lowest BCUT2D eigenvalue weighted by atomic mass is 9.81. The Balaban J connectivity index is 1.93. The second-order valence-electron chi connectivity index (χ2n) is 6.12. The van der Waals surface area contributed by atoms with Gasteiger partial charge in [-0.25, -0.2) is 13.5 Å². The minimum Gasteiger partial charge on any atom is -0.328 e. The second kappa shape index (κ2) is 5.61. The van der Waals surface area contributed by atoms with Crippen LogP contribution < -0.4 is 5.32 Å². The zero-order valence-electron chi connectivity index (χ0n) is 13.0. The van der Waals surface area contributed by atoms with Gasteiger partial charge in [0.15, 0.2) is 0 Å². The Morgan fingerprint density at radius 1 is 1.15 bits per heavy atom. The molecule has 2 heterocycles. The van der Waals surface area contributed by atoms with Crippen LogP contribution in [0.1, 0.15) is 30.3 Å². The molecule has 1 aromatic heterocycles. The number of aromatic nitrogens is 3. The molecular formula is C16H11F5N4O. The van der Waals surface area contributed by atoms with E-state index >= 15 is 0 Å². The van der Waals surface area contributed by atoms with Crippen molar-refractivity contribution in [2.24, 2.45) is 5.92 Å². The first-order chi connectivity index (χ1) is 12.2. The van der Waals surface area contributed by atoms with E-state index in [0.717, 1.165) is 16.8 Å². The summed E-state index contributed by atoms with van der Waals surface area (Å²) in [5.74, 6) is -4.59. The van der Waals surface area contributed by atoms with E-state index in [1.165, 1.54) is 0 Å². The average molecular weight is 370 g/mol. The van der Waals surface area contributed by atoms with Gasteiger partial charge in [-0.05, 0) is 24.1 Å². The van der Waals surface area contributed by atoms with Crippen molar-refractivity contribution in [2.45, 2.75) is 25.1 Å². The number of hydrogen-bond donors (Lipinski definition) is 1. The van der Waals surface area contributed by atoms with Gasteiger partial charge in [0.2, 0.25) is 5.95 Å². The lowest BCUT2D eigenvalue weighted by molar-refractivity contribution is -0.145. The molecule has 5 nitrogen and oxygen atoms in total. The highest BCUT2D eigenvalue weighted by atomic mass is 19.4. The van der Waals surface area contributed by atoms with Crippen molar-refractivity contribution in [3.63, 3.8) is 0 Å². The van der Waals surface area contributed by atoms with E-state index in [-0.39, 0.29) is 23.7 Å².